The van der Waals surface area contributed by atoms with Gasteiger partial charge in [-0.1, -0.05) is 173 Å². The Morgan fingerprint density at radius 1 is 0.293 bits per heavy atom. The molecular weight excluding hydrogens is 1030 g/mol. The summed E-state index contributed by atoms with van der Waals surface area (Å²) in [5, 5.41) is 12.6. The summed E-state index contributed by atoms with van der Waals surface area (Å²) < 4.78 is 10.1. The minimum Gasteiger partial charge on any atom is -0.308 e. The highest BCUT2D eigenvalue weighted by molar-refractivity contribution is 7.26. The fourth-order valence-electron chi connectivity index (χ4n) is 13.3. The monoisotopic (exact) mass is 1090 g/mol. The van der Waals surface area contributed by atoms with Crippen LogP contribution in [-0.4, -0.2) is 9.13 Å². The average Bonchev–Trinajstić information content (AvgIpc) is 4.44. The molecule has 0 bridgehead atoms. The number of aromatic nitrogens is 2. The normalized spacial score (nSPS) is 12.1. The first kappa shape index (κ1) is 48.4. The zero-order valence-corrected chi connectivity index (χ0v) is 47.6. The minimum absolute atomic E-state index is 0.352. The van der Waals surface area contributed by atoms with Crippen molar-refractivity contribution in [3.8, 4) is 11.4 Å². The third-order valence-corrected chi connectivity index (χ3v) is 19.2. The maximum absolute atomic E-state index is 2.51. The molecule has 0 unspecified atom stereocenters. The van der Waals surface area contributed by atoms with Gasteiger partial charge in [0, 0.05) is 96.0 Å². The number of nitrogens with zero attached hydrogens (tertiary/aromatic N) is 4. The fraction of sp³-hybridized carbons (Fsp3) is 0.0789. The fourth-order valence-corrected chi connectivity index (χ4v) is 15.6. The molecule has 82 heavy (non-hydrogen) atoms. The lowest BCUT2D eigenvalue weighted by molar-refractivity contribution is 0.854. The second-order valence-corrected chi connectivity index (χ2v) is 24.6. The molecule has 16 rings (SSSR count). The summed E-state index contributed by atoms with van der Waals surface area (Å²) in [4.78, 5) is 4.93. The molecule has 0 N–H and O–H groups in total. The van der Waals surface area contributed by atoms with Crippen molar-refractivity contribution in [3.05, 3.63) is 266 Å². The summed E-state index contributed by atoms with van der Waals surface area (Å²) in [6.07, 6.45) is 0. The summed E-state index contributed by atoms with van der Waals surface area (Å²) in [5.41, 5.74) is 16.7. The molecule has 6 heteroatoms. The molecule has 4 nitrogen and oxygen atoms in total. The smallest absolute Gasteiger partial charge is 0.0782 e. The highest BCUT2D eigenvalue weighted by Crippen LogP contribution is 2.49. The quantitative estimate of drug-likeness (QED) is 0.136. The van der Waals surface area contributed by atoms with Crippen LogP contribution in [0.5, 0.6) is 0 Å². The lowest BCUT2D eigenvalue weighted by atomic mass is 10.0. The molecule has 16 aromatic rings. The van der Waals surface area contributed by atoms with E-state index in [-0.39, 0.29) is 0 Å². The van der Waals surface area contributed by atoms with Crippen LogP contribution in [0.1, 0.15) is 50.7 Å². The zero-order valence-electron chi connectivity index (χ0n) is 46.0. The van der Waals surface area contributed by atoms with Crippen molar-refractivity contribution in [1.29, 1.82) is 0 Å². The lowest BCUT2D eigenvalue weighted by Crippen LogP contribution is -2.12. The van der Waals surface area contributed by atoms with E-state index in [1.165, 1.54) is 117 Å². The van der Waals surface area contributed by atoms with Crippen molar-refractivity contribution in [1.82, 2.24) is 9.13 Å². The molecule has 12 aromatic carbocycles. The van der Waals surface area contributed by atoms with Gasteiger partial charge in [0.2, 0.25) is 0 Å². The first-order valence-corrected chi connectivity index (χ1v) is 30.2. The van der Waals surface area contributed by atoms with Crippen molar-refractivity contribution in [2.75, 3.05) is 9.80 Å². The predicted octanol–water partition coefficient (Wildman–Crippen LogP) is 23.0. The van der Waals surface area contributed by atoms with Gasteiger partial charge in [0.1, 0.15) is 0 Å². The van der Waals surface area contributed by atoms with E-state index < -0.39 is 0 Å². The van der Waals surface area contributed by atoms with Crippen molar-refractivity contribution < 1.29 is 0 Å². The van der Waals surface area contributed by atoms with Gasteiger partial charge in [-0.25, -0.2) is 0 Å². The number of hydrogen-bond donors (Lipinski definition) is 0. The molecule has 392 valence electrons. The van der Waals surface area contributed by atoms with Gasteiger partial charge in [-0.2, -0.15) is 0 Å². The second-order valence-electron chi connectivity index (χ2n) is 22.4. The van der Waals surface area contributed by atoms with Crippen LogP contribution in [0.4, 0.5) is 34.1 Å². The molecule has 0 amide bonds. The number of para-hydroxylation sites is 8. The molecule has 0 atom stereocenters. The van der Waals surface area contributed by atoms with E-state index in [1.54, 1.807) is 0 Å². The molecule has 0 aliphatic carbocycles. The maximum Gasteiger partial charge on any atom is 0.0782 e. The third-order valence-electron chi connectivity index (χ3n) is 17.0. The first-order chi connectivity index (χ1) is 40.3. The van der Waals surface area contributed by atoms with Crippen LogP contribution < -0.4 is 9.80 Å². The van der Waals surface area contributed by atoms with Crippen molar-refractivity contribution in [2.45, 2.75) is 39.5 Å². The molecular formula is C76H56N4S2. The van der Waals surface area contributed by atoms with Gasteiger partial charge in [0.05, 0.1) is 33.4 Å². The summed E-state index contributed by atoms with van der Waals surface area (Å²) in [7, 11) is 0. The van der Waals surface area contributed by atoms with E-state index in [9.17, 15) is 0 Å². The summed E-state index contributed by atoms with van der Waals surface area (Å²) >= 11 is 3.78. The Hall–Kier alpha value is -9.46. The van der Waals surface area contributed by atoms with Crippen LogP contribution in [0.2, 0.25) is 0 Å². The van der Waals surface area contributed by atoms with Gasteiger partial charge in [0.15, 0.2) is 0 Å². The van der Waals surface area contributed by atoms with Gasteiger partial charge in [-0.05, 0) is 143 Å². The number of thiophene rings is 2. The van der Waals surface area contributed by atoms with E-state index >= 15 is 0 Å². The number of anilines is 6. The van der Waals surface area contributed by atoms with E-state index in [1.807, 2.05) is 22.7 Å². The Morgan fingerprint density at radius 2 is 0.671 bits per heavy atom. The Morgan fingerprint density at radius 3 is 1.12 bits per heavy atom. The van der Waals surface area contributed by atoms with Gasteiger partial charge in [-0.15, -0.1) is 22.7 Å². The average molecular weight is 1090 g/mol. The molecule has 0 spiro atoms. The highest BCUT2D eigenvalue weighted by atomic mass is 32.1. The minimum atomic E-state index is 0.352. The second kappa shape index (κ2) is 19.1. The number of hydrogen-bond acceptors (Lipinski definition) is 4. The summed E-state index contributed by atoms with van der Waals surface area (Å²) in [6, 6.07) is 95.0. The van der Waals surface area contributed by atoms with E-state index in [0.29, 0.717) is 11.8 Å². The van der Waals surface area contributed by atoms with Crippen LogP contribution in [-0.2, 0) is 0 Å². The van der Waals surface area contributed by atoms with Crippen molar-refractivity contribution in [2.24, 2.45) is 0 Å². The largest absolute Gasteiger partial charge is 0.308 e. The molecule has 4 heterocycles. The molecule has 0 saturated carbocycles. The Bertz CT molecular complexity index is 4870. The van der Waals surface area contributed by atoms with Crippen molar-refractivity contribution in [3.63, 3.8) is 0 Å². The van der Waals surface area contributed by atoms with Crippen LogP contribution in [0.25, 0.3) is 106 Å². The van der Waals surface area contributed by atoms with Crippen LogP contribution in [0.15, 0.2) is 255 Å². The molecule has 4 aromatic heterocycles. The molecule has 0 aliphatic heterocycles. The standard InChI is InChI=1S/C76H56N4S2/c1-47(2)55-25-11-15-31-65(55)79-67-33-17-13-27-57(67)61-29-19-35-69(75(61)79)77(51-21-7-5-8-22-51)53-37-39-59-63-41-49-42-64-60-40-38-54(46-74(60)82-72(64)44-50(49)43-71(63)81-73(59)45-53)78(52-23-9-6-10-24-52)70-36-20-30-62-58-28-14-18-34-68(58)80(76(62)70)66-32-16-12-26-56(66)48(3)4/h5-48H,1-4H3. The third kappa shape index (κ3) is 7.55. The van der Waals surface area contributed by atoms with Gasteiger partial charge in [0.25, 0.3) is 0 Å². The van der Waals surface area contributed by atoms with Crippen LogP contribution in [0.3, 0.4) is 0 Å². The SMILES string of the molecule is CC(C)c1ccccc1-n1c2ccccc2c2cccc(N(c3ccccc3)c3ccc4c(c3)sc3cc5cc6sc7cc(N(c8ccccc8)c8cccc9c%10ccccc%10n(-c%10ccccc%10C(C)C)c89)ccc7c6cc5cc34)c21. The first-order valence-electron chi connectivity index (χ1n) is 28.5. The Labute approximate surface area is 484 Å². The molecule has 0 aliphatic rings. The number of benzene rings is 12. The summed E-state index contributed by atoms with van der Waals surface area (Å²) in [5.74, 6) is 0.704. The summed E-state index contributed by atoms with van der Waals surface area (Å²) in [6.45, 7) is 9.18. The Kier molecular flexibility index (Phi) is 11.3. The Balaban J connectivity index is 0.826. The lowest BCUT2D eigenvalue weighted by Gasteiger charge is -2.27. The predicted molar refractivity (Wildman–Crippen MR) is 356 cm³/mol. The van der Waals surface area contributed by atoms with Gasteiger partial charge in [-0.3, -0.25) is 0 Å². The van der Waals surface area contributed by atoms with Crippen LogP contribution in [0, 0.1) is 0 Å². The van der Waals surface area contributed by atoms with Crippen molar-refractivity contribution >= 4 is 152 Å². The van der Waals surface area contributed by atoms with Gasteiger partial charge < -0.3 is 18.9 Å². The van der Waals surface area contributed by atoms with E-state index in [4.69, 9.17) is 0 Å². The topological polar surface area (TPSA) is 16.3 Å². The number of fused-ring (bicyclic) bond motifs is 13. The molecule has 0 fully saturated rings. The van der Waals surface area contributed by atoms with E-state index in [2.05, 4.69) is 301 Å². The highest BCUT2D eigenvalue weighted by Gasteiger charge is 2.26. The van der Waals surface area contributed by atoms with Crippen LogP contribution >= 0.6 is 22.7 Å². The van der Waals surface area contributed by atoms with E-state index in [0.717, 1.165) is 34.1 Å². The zero-order chi connectivity index (χ0) is 54.7. The van der Waals surface area contributed by atoms with Gasteiger partial charge >= 0.3 is 0 Å². The molecule has 0 radical (unpaired) electrons. The molecule has 0 saturated heterocycles. The maximum atomic E-state index is 2.51. The number of rotatable bonds is 10.